The van der Waals surface area contributed by atoms with Crippen LogP contribution in [0, 0.1) is 0 Å². The second kappa shape index (κ2) is 11.0. The molecule has 0 unspecified atom stereocenters. The quantitative estimate of drug-likeness (QED) is 0.246. The first kappa shape index (κ1) is 21.3. The van der Waals surface area contributed by atoms with Crippen LogP contribution < -0.4 is 10.1 Å². The number of likely N-dealkylation sites (tertiary alicyclic amines) is 1. The van der Waals surface area contributed by atoms with Crippen LogP contribution in [0.1, 0.15) is 38.7 Å². The maximum absolute atomic E-state index is 12.1. The monoisotopic (exact) mass is 389 g/mol. The van der Waals surface area contributed by atoms with Crippen molar-refractivity contribution < 1.29 is 24.3 Å². The lowest BCUT2D eigenvalue weighted by atomic mass is 10.1. The molecule has 2 amide bonds. The van der Waals surface area contributed by atoms with Gasteiger partial charge in [-0.1, -0.05) is 5.16 Å². The van der Waals surface area contributed by atoms with Crippen LogP contribution >= 0.6 is 0 Å². The second-order valence-electron chi connectivity index (χ2n) is 6.63. The molecule has 1 aliphatic heterocycles. The number of phenols is 1. The molecule has 28 heavy (non-hydrogen) atoms. The van der Waals surface area contributed by atoms with Crippen LogP contribution in [0.25, 0.3) is 6.08 Å². The number of hydrogen-bond donors (Lipinski definition) is 2. The molecule has 0 bridgehead atoms. The van der Waals surface area contributed by atoms with Crippen LogP contribution in [0.4, 0.5) is 4.79 Å². The van der Waals surface area contributed by atoms with E-state index in [1.54, 1.807) is 32.1 Å². The van der Waals surface area contributed by atoms with E-state index in [9.17, 15) is 14.7 Å². The van der Waals surface area contributed by atoms with Gasteiger partial charge >= 0.3 is 6.09 Å². The van der Waals surface area contributed by atoms with Gasteiger partial charge < -0.3 is 20.1 Å². The number of nitrogens with zero attached hydrogens (tertiary/aromatic N) is 2. The van der Waals surface area contributed by atoms with Gasteiger partial charge in [-0.2, -0.15) is 0 Å². The SMILES string of the molecule is CC(C)=NOC(=O)NCCOc1ccc(/C=C/C(=O)N2CCCCC2)c(O)c1. The molecule has 1 fully saturated rings. The molecule has 0 aromatic heterocycles. The Balaban J connectivity index is 1.78. The van der Waals surface area contributed by atoms with Crippen LogP contribution in [-0.2, 0) is 9.63 Å². The third kappa shape index (κ3) is 7.30. The molecule has 0 saturated carbocycles. The van der Waals surface area contributed by atoms with Gasteiger partial charge in [0.15, 0.2) is 0 Å². The van der Waals surface area contributed by atoms with Gasteiger partial charge in [-0.3, -0.25) is 9.63 Å². The van der Waals surface area contributed by atoms with E-state index in [1.165, 1.54) is 18.6 Å². The number of ether oxygens (including phenoxy) is 1. The highest BCUT2D eigenvalue weighted by Gasteiger charge is 2.13. The summed E-state index contributed by atoms with van der Waals surface area (Å²) < 4.78 is 5.47. The molecule has 1 aliphatic rings. The Labute approximate surface area is 164 Å². The third-order valence-corrected chi connectivity index (χ3v) is 4.03. The van der Waals surface area contributed by atoms with E-state index < -0.39 is 6.09 Å². The summed E-state index contributed by atoms with van der Waals surface area (Å²) in [5.41, 5.74) is 1.17. The van der Waals surface area contributed by atoms with Gasteiger partial charge in [0.05, 0.1) is 12.3 Å². The highest BCUT2D eigenvalue weighted by molar-refractivity contribution is 5.92. The number of carbonyl (C=O) groups is 2. The summed E-state index contributed by atoms with van der Waals surface area (Å²) in [6, 6.07) is 4.83. The van der Waals surface area contributed by atoms with Crippen molar-refractivity contribution in [1.29, 1.82) is 0 Å². The van der Waals surface area contributed by atoms with Gasteiger partial charge in [0.2, 0.25) is 5.91 Å². The lowest BCUT2D eigenvalue weighted by Gasteiger charge is -2.25. The fraction of sp³-hybridized carbons (Fsp3) is 0.450. The summed E-state index contributed by atoms with van der Waals surface area (Å²) in [4.78, 5) is 29.9. The maximum atomic E-state index is 12.1. The molecular weight excluding hydrogens is 362 g/mol. The number of nitrogens with one attached hydrogen (secondary N) is 1. The smallest absolute Gasteiger partial charge is 0.433 e. The van der Waals surface area contributed by atoms with Crippen molar-refractivity contribution in [3.63, 3.8) is 0 Å². The number of hydrogen-bond acceptors (Lipinski definition) is 6. The Kier molecular flexibility index (Phi) is 8.33. The van der Waals surface area contributed by atoms with Gasteiger partial charge in [0.25, 0.3) is 0 Å². The van der Waals surface area contributed by atoms with Gasteiger partial charge in [0, 0.05) is 30.8 Å². The fourth-order valence-corrected chi connectivity index (χ4v) is 2.62. The van der Waals surface area contributed by atoms with Gasteiger partial charge in [-0.15, -0.1) is 0 Å². The van der Waals surface area contributed by atoms with E-state index in [-0.39, 0.29) is 24.8 Å². The summed E-state index contributed by atoms with van der Waals surface area (Å²) in [5.74, 6) is 0.426. The number of amides is 2. The van der Waals surface area contributed by atoms with E-state index >= 15 is 0 Å². The Morgan fingerprint density at radius 1 is 1.25 bits per heavy atom. The minimum Gasteiger partial charge on any atom is -0.507 e. The molecule has 0 spiro atoms. The van der Waals surface area contributed by atoms with E-state index in [1.807, 2.05) is 4.90 Å². The van der Waals surface area contributed by atoms with Crippen molar-refractivity contribution in [2.75, 3.05) is 26.2 Å². The van der Waals surface area contributed by atoms with Crippen molar-refractivity contribution in [3.05, 3.63) is 29.8 Å². The van der Waals surface area contributed by atoms with Crippen LogP contribution in [-0.4, -0.2) is 54.0 Å². The predicted molar refractivity (Wildman–Crippen MR) is 106 cm³/mol. The standard InChI is InChI=1S/C20H27N3O5/c1-15(2)22-28-20(26)21-10-13-27-17-8-6-16(18(24)14-17)7-9-19(25)23-11-4-3-5-12-23/h6-9,14,24H,3-5,10-13H2,1-2H3,(H,21,26)/b9-7+. The number of aromatic hydroxyl groups is 1. The zero-order valence-electron chi connectivity index (χ0n) is 16.3. The van der Waals surface area contributed by atoms with E-state index in [2.05, 4.69) is 15.3 Å². The molecule has 1 heterocycles. The van der Waals surface area contributed by atoms with Crippen LogP contribution in [0.2, 0.25) is 0 Å². The minimum atomic E-state index is -0.661. The lowest BCUT2D eigenvalue weighted by molar-refractivity contribution is -0.126. The van der Waals surface area contributed by atoms with Crippen molar-refractivity contribution in [2.24, 2.45) is 5.16 Å². The molecule has 0 atom stereocenters. The molecule has 152 valence electrons. The minimum absolute atomic E-state index is 0.0142. The molecule has 2 rings (SSSR count). The second-order valence-corrected chi connectivity index (χ2v) is 6.63. The van der Waals surface area contributed by atoms with Crippen molar-refractivity contribution in [2.45, 2.75) is 33.1 Å². The van der Waals surface area contributed by atoms with Crippen LogP contribution in [0.5, 0.6) is 11.5 Å². The summed E-state index contributed by atoms with van der Waals surface area (Å²) >= 11 is 0. The number of oxime groups is 1. The van der Waals surface area contributed by atoms with E-state index in [0.29, 0.717) is 17.0 Å². The summed E-state index contributed by atoms with van der Waals surface area (Å²) in [5, 5.41) is 16.1. The topological polar surface area (TPSA) is 100 Å². The lowest BCUT2D eigenvalue weighted by Crippen LogP contribution is -2.34. The third-order valence-electron chi connectivity index (χ3n) is 4.03. The first-order valence-corrected chi connectivity index (χ1v) is 9.34. The number of phenolic OH excluding ortho intramolecular Hbond substituents is 1. The van der Waals surface area contributed by atoms with Crippen molar-refractivity contribution in [1.82, 2.24) is 10.2 Å². The van der Waals surface area contributed by atoms with Crippen LogP contribution in [0.15, 0.2) is 29.4 Å². The highest BCUT2D eigenvalue weighted by Crippen LogP contribution is 2.24. The Bertz CT molecular complexity index is 735. The molecule has 8 nitrogen and oxygen atoms in total. The fourth-order valence-electron chi connectivity index (χ4n) is 2.62. The average Bonchev–Trinajstić information content (AvgIpc) is 2.69. The number of benzene rings is 1. The molecule has 1 aromatic carbocycles. The van der Waals surface area contributed by atoms with Crippen molar-refractivity contribution >= 4 is 23.8 Å². The highest BCUT2D eigenvalue weighted by atomic mass is 16.7. The largest absolute Gasteiger partial charge is 0.507 e. The van der Waals surface area contributed by atoms with Gasteiger partial charge in [0.1, 0.15) is 18.1 Å². The number of piperidine rings is 1. The molecule has 8 heteroatoms. The normalized spacial score (nSPS) is 13.9. The molecule has 0 radical (unpaired) electrons. The number of carbonyl (C=O) groups excluding carboxylic acids is 2. The average molecular weight is 389 g/mol. The van der Waals surface area contributed by atoms with E-state index in [4.69, 9.17) is 4.74 Å². The molecule has 1 saturated heterocycles. The Morgan fingerprint density at radius 3 is 2.68 bits per heavy atom. The van der Waals surface area contributed by atoms with Gasteiger partial charge in [-0.05, 0) is 51.3 Å². The Hall–Kier alpha value is -3.03. The van der Waals surface area contributed by atoms with Crippen molar-refractivity contribution in [3.8, 4) is 11.5 Å². The Morgan fingerprint density at radius 2 is 2.00 bits per heavy atom. The number of rotatable bonds is 7. The summed E-state index contributed by atoms with van der Waals surface area (Å²) in [7, 11) is 0. The van der Waals surface area contributed by atoms with E-state index in [0.717, 1.165) is 25.9 Å². The summed E-state index contributed by atoms with van der Waals surface area (Å²) in [6.45, 7) is 5.42. The van der Waals surface area contributed by atoms with Gasteiger partial charge in [-0.25, -0.2) is 4.79 Å². The van der Waals surface area contributed by atoms with Crippen LogP contribution in [0.3, 0.4) is 0 Å². The summed E-state index contributed by atoms with van der Waals surface area (Å²) in [6.07, 6.45) is 5.66. The zero-order valence-corrected chi connectivity index (χ0v) is 16.3. The first-order chi connectivity index (χ1) is 13.5. The molecule has 1 aromatic rings. The molecule has 0 aliphatic carbocycles. The maximum Gasteiger partial charge on any atom is 0.433 e. The molecular formula is C20H27N3O5. The zero-order chi connectivity index (χ0) is 20.4. The molecule has 2 N–H and O–H groups in total. The first-order valence-electron chi connectivity index (χ1n) is 9.34. The predicted octanol–water partition coefficient (Wildman–Crippen LogP) is 2.92.